The Morgan fingerprint density at radius 2 is 1.74 bits per heavy atom. The molecule has 0 N–H and O–H groups in total. The summed E-state index contributed by atoms with van der Waals surface area (Å²) in [5.74, 6) is 0.141. The van der Waals surface area contributed by atoms with Crippen molar-refractivity contribution < 1.29 is 28.5 Å². The molecule has 11 nitrogen and oxygen atoms in total. The van der Waals surface area contributed by atoms with Crippen LogP contribution in [0.25, 0.3) is 23.0 Å². The lowest BCUT2D eigenvalue weighted by atomic mass is 9.95. The second-order valence-electron chi connectivity index (χ2n) is 11.6. The van der Waals surface area contributed by atoms with Gasteiger partial charge in [-0.2, -0.15) is 5.10 Å². The number of ether oxygens (including phenoxy) is 4. The Kier molecular flexibility index (Phi) is 9.82. The zero-order valence-corrected chi connectivity index (χ0v) is 29.4. The smallest absolute Gasteiger partial charge is 0.338 e. The first-order valence-electron chi connectivity index (χ1n) is 16.0. The Hall–Kier alpha value is -5.75. The first kappa shape index (κ1) is 34.1. The average molecular weight is 693 g/mol. The quantitative estimate of drug-likeness (QED) is 0.143. The van der Waals surface area contributed by atoms with Crippen molar-refractivity contribution in [3.8, 4) is 34.2 Å². The maximum Gasteiger partial charge on any atom is 0.338 e. The number of esters is 2. The van der Waals surface area contributed by atoms with E-state index in [-0.39, 0.29) is 22.6 Å². The van der Waals surface area contributed by atoms with Crippen LogP contribution in [0.5, 0.6) is 17.2 Å². The first-order valence-corrected chi connectivity index (χ1v) is 16.8. The molecule has 0 unspecified atom stereocenters. The summed E-state index contributed by atoms with van der Waals surface area (Å²) < 4.78 is 25.6. The van der Waals surface area contributed by atoms with Crippen LogP contribution in [0.4, 0.5) is 0 Å². The predicted molar refractivity (Wildman–Crippen MR) is 190 cm³/mol. The average Bonchev–Trinajstić information content (AvgIpc) is 3.67. The van der Waals surface area contributed by atoms with Gasteiger partial charge in [0.15, 0.2) is 16.3 Å². The van der Waals surface area contributed by atoms with Gasteiger partial charge in [0.25, 0.3) is 5.56 Å². The Balaban J connectivity index is 1.54. The van der Waals surface area contributed by atoms with E-state index in [2.05, 4.69) is 11.9 Å². The van der Waals surface area contributed by atoms with Gasteiger partial charge < -0.3 is 18.9 Å². The van der Waals surface area contributed by atoms with Gasteiger partial charge in [0.05, 0.1) is 48.4 Å². The molecule has 0 radical (unpaired) electrons. The van der Waals surface area contributed by atoms with Gasteiger partial charge in [-0.05, 0) is 79.9 Å². The molecule has 50 heavy (non-hydrogen) atoms. The number of rotatable bonds is 10. The fourth-order valence-electron chi connectivity index (χ4n) is 5.84. The summed E-state index contributed by atoms with van der Waals surface area (Å²) in [6.45, 7) is 7.68. The van der Waals surface area contributed by atoms with Crippen molar-refractivity contribution in [3.05, 3.63) is 121 Å². The molecule has 1 aliphatic heterocycles. The van der Waals surface area contributed by atoms with Gasteiger partial charge in [-0.1, -0.05) is 42.5 Å². The highest BCUT2D eigenvalue weighted by Gasteiger charge is 2.34. The second-order valence-corrected chi connectivity index (χ2v) is 12.6. The Labute approximate surface area is 292 Å². The molecule has 1 atom stereocenters. The van der Waals surface area contributed by atoms with E-state index in [1.807, 2.05) is 61.7 Å². The van der Waals surface area contributed by atoms with E-state index in [0.717, 1.165) is 29.0 Å². The minimum absolute atomic E-state index is 0.201. The van der Waals surface area contributed by atoms with Crippen molar-refractivity contribution in [2.45, 2.75) is 40.2 Å². The number of nitrogens with zero attached hydrogens (tertiary/aromatic N) is 4. The number of allylic oxidation sites excluding steroid dienone is 1. The molecule has 256 valence electrons. The van der Waals surface area contributed by atoms with Crippen LogP contribution in [0.15, 0.2) is 94.0 Å². The standard InChI is InChI=1S/C38H36N4O7S/c1-7-17-48-29-15-13-25(18-22(29)2)34-27(21-41(40-34)28-11-9-8-10-12-28)20-32-36(44)42-35(33(37(45)47-6)23(3)39-38(42)50-32)26-14-16-30(49-24(4)43)31(19-26)46-5/h8-16,18-21,35H,7,17H2,1-6H3/b32-20-/t35-/m0/s1. The third kappa shape index (κ3) is 6.61. The molecular formula is C38H36N4O7S. The fraction of sp³-hybridized carbons (Fsp3) is 0.237. The topological polar surface area (TPSA) is 123 Å². The Morgan fingerprint density at radius 3 is 2.42 bits per heavy atom. The fourth-order valence-corrected chi connectivity index (χ4v) is 6.88. The molecule has 0 bridgehead atoms. The van der Waals surface area contributed by atoms with E-state index >= 15 is 0 Å². The highest BCUT2D eigenvalue weighted by atomic mass is 32.1. The summed E-state index contributed by atoms with van der Waals surface area (Å²) in [6.07, 6.45) is 4.60. The highest BCUT2D eigenvalue weighted by molar-refractivity contribution is 7.07. The van der Waals surface area contributed by atoms with Crippen LogP contribution in [0.1, 0.15) is 49.9 Å². The molecule has 0 fully saturated rings. The van der Waals surface area contributed by atoms with Gasteiger partial charge in [0.2, 0.25) is 0 Å². The van der Waals surface area contributed by atoms with Crippen LogP contribution >= 0.6 is 11.3 Å². The number of para-hydroxylation sites is 1. The van der Waals surface area contributed by atoms with E-state index in [1.54, 1.807) is 35.9 Å². The number of aryl methyl sites for hydroxylation is 1. The number of hydrogen-bond donors (Lipinski definition) is 0. The number of hydrogen-bond acceptors (Lipinski definition) is 10. The second kappa shape index (κ2) is 14.4. The van der Waals surface area contributed by atoms with Gasteiger partial charge in [-0.3, -0.25) is 14.2 Å². The molecule has 0 saturated carbocycles. The molecule has 3 aromatic carbocycles. The largest absolute Gasteiger partial charge is 0.493 e. The summed E-state index contributed by atoms with van der Waals surface area (Å²) in [7, 11) is 2.73. The molecular weight excluding hydrogens is 657 g/mol. The van der Waals surface area contributed by atoms with Crippen molar-refractivity contribution in [3.63, 3.8) is 0 Å². The summed E-state index contributed by atoms with van der Waals surface area (Å²) in [5.41, 5.74) is 4.89. The van der Waals surface area contributed by atoms with E-state index in [9.17, 15) is 14.4 Å². The molecule has 5 aromatic rings. The minimum Gasteiger partial charge on any atom is -0.493 e. The molecule has 0 aliphatic carbocycles. The van der Waals surface area contributed by atoms with E-state index in [1.165, 1.54) is 37.0 Å². The molecule has 6 rings (SSSR count). The van der Waals surface area contributed by atoms with Crippen molar-refractivity contribution in [1.82, 2.24) is 14.3 Å². The number of thiazole rings is 1. The van der Waals surface area contributed by atoms with Gasteiger partial charge in [0.1, 0.15) is 11.4 Å². The van der Waals surface area contributed by atoms with Gasteiger partial charge >= 0.3 is 11.9 Å². The van der Waals surface area contributed by atoms with E-state index in [4.69, 9.17) is 24.0 Å². The Morgan fingerprint density at radius 1 is 0.980 bits per heavy atom. The third-order valence-corrected chi connectivity index (χ3v) is 9.13. The SMILES string of the molecule is CCCOc1ccc(-c2nn(-c3ccccc3)cc2/C=c2\sc3n(c2=O)[C@@H](c2ccc(OC(C)=O)c(OC)c2)C(C(=O)OC)=C(C)N=3)cc1C. The number of fused-ring (bicyclic) bond motifs is 1. The normalized spacial score (nSPS) is 14.2. The minimum atomic E-state index is -0.897. The molecule has 0 saturated heterocycles. The number of methoxy groups -OCH3 is 2. The summed E-state index contributed by atoms with van der Waals surface area (Å²) in [6, 6.07) is 19.7. The maximum atomic E-state index is 14.4. The lowest BCUT2D eigenvalue weighted by molar-refractivity contribution is -0.136. The van der Waals surface area contributed by atoms with Crippen molar-refractivity contribution >= 4 is 29.4 Å². The maximum absolute atomic E-state index is 14.4. The van der Waals surface area contributed by atoms with Crippen LogP contribution in [0.3, 0.4) is 0 Å². The van der Waals surface area contributed by atoms with E-state index < -0.39 is 18.0 Å². The lowest BCUT2D eigenvalue weighted by Crippen LogP contribution is -2.39. The van der Waals surface area contributed by atoms with Crippen LogP contribution in [0.2, 0.25) is 0 Å². The Bertz CT molecular complexity index is 2320. The van der Waals surface area contributed by atoms with Gasteiger partial charge in [-0.15, -0.1) is 0 Å². The third-order valence-electron chi connectivity index (χ3n) is 8.14. The summed E-state index contributed by atoms with van der Waals surface area (Å²) in [5, 5.41) is 4.96. The van der Waals surface area contributed by atoms with Crippen LogP contribution in [-0.4, -0.2) is 47.1 Å². The van der Waals surface area contributed by atoms with Gasteiger partial charge in [-0.25, -0.2) is 14.5 Å². The lowest BCUT2D eigenvalue weighted by Gasteiger charge is -2.25. The highest BCUT2D eigenvalue weighted by Crippen LogP contribution is 2.36. The molecule has 0 amide bonds. The van der Waals surface area contributed by atoms with Crippen molar-refractivity contribution in [1.29, 1.82) is 0 Å². The van der Waals surface area contributed by atoms with E-state index in [0.29, 0.717) is 38.5 Å². The van der Waals surface area contributed by atoms with Crippen LogP contribution in [0, 0.1) is 6.92 Å². The van der Waals surface area contributed by atoms with Crippen molar-refractivity contribution in [2.75, 3.05) is 20.8 Å². The molecule has 1 aliphatic rings. The number of aromatic nitrogens is 3. The van der Waals surface area contributed by atoms with Gasteiger partial charge in [0, 0.05) is 24.2 Å². The zero-order chi connectivity index (χ0) is 35.5. The molecule has 2 aromatic heterocycles. The van der Waals surface area contributed by atoms with Crippen molar-refractivity contribution in [2.24, 2.45) is 4.99 Å². The summed E-state index contributed by atoms with van der Waals surface area (Å²) >= 11 is 1.21. The zero-order valence-electron chi connectivity index (χ0n) is 28.6. The van der Waals surface area contributed by atoms with Crippen LogP contribution < -0.4 is 29.1 Å². The molecule has 0 spiro atoms. The molecule has 12 heteroatoms. The first-order chi connectivity index (χ1) is 24.1. The summed E-state index contributed by atoms with van der Waals surface area (Å²) in [4.78, 5) is 44.4. The number of carbonyl (C=O) groups excluding carboxylic acids is 2. The van der Waals surface area contributed by atoms with Crippen LogP contribution in [-0.2, 0) is 14.3 Å². The predicted octanol–water partition coefficient (Wildman–Crippen LogP) is 5.29. The molecule has 3 heterocycles. The number of benzene rings is 3. The number of carbonyl (C=O) groups is 2. The monoisotopic (exact) mass is 692 g/mol.